The number of nitrogens with zero attached hydrogens (tertiary/aromatic N) is 2. The number of hydrogen-bond donors (Lipinski definition) is 1. The van der Waals surface area contributed by atoms with E-state index in [2.05, 4.69) is 10.3 Å². The van der Waals surface area contributed by atoms with Crippen molar-refractivity contribution >= 4 is 11.9 Å². The van der Waals surface area contributed by atoms with Crippen LogP contribution >= 0.6 is 0 Å². The summed E-state index contributed by atoms with van der Waals surface area (Å²) in [4.78, 5) is 33.3. The Balaban J connectivity index is 1.85. The van der Waals surface area contributed by atoms with Crippen LogP contribution in [0, 0.1) is 17.3 Å². The molecule has 44 heavy (non-hydrogen) atoms. The van der Waals surface area contributed by atoms with Gasteiger partial charge in [-0.15, -0.1) is 0 Å². The van der Waals surface area contributed by atoms with Gasteiger partial charge in [-0.3, -0.25) is 4.79 Å². The second kappa shape index (κ2) is 13.0. The number of pyridine rings is 1. The molecule has 0 spiro atoms. The molecular formula is C32H40F5N3O4. The number of ether oxygens (including phenoxy) is 2. The van der Waals surface area contributed by atoms with Gasteiger partial charge in [0.05, 0.1) is 25.3 Å². The van der Waals surface area contributed by atoms with Crippen LogP contribution in [-0.2, 0) is 27.0 Å². The van der Waals surface area contributed by atoms with Crippen LogP contribution in [-0.4, -0.2) is 53.5 Å². The van der Waals surface area contributed by atoms with Gasteiger partial charge < -0.3 is 19.7 Å². The van der Waals surface area contributed by atoms with E-state index in [1.807, 2.05) is 20.8 Å². The molecule has 12 heteroatoms. The van der Waals surface area contributed by atoms with Crippen LogP contribution in [0.1, 0.15) is 76.1 Å². The van der Waals surface area contributed by atoms with E-state index in [0.29, 0.717) is 11.8 Å². The molecule has 1 saturated heterocycles. The average molecular weight is 626 g/mol. The van der Waals surface area contributed by atoms with Crippen molar-refractivity contribution in [3.8, 4) is 5.88 Å². The number of halogens is 5. The summed E-state index contributed by atoms with van der Waals surface area (Å²) in [6, 6.07) is 7.21. The standard InChI is InChI=1S/C32H40F5N3O4/c1-6-44-29(42)26-23(30(2,3)4)24(38-17-21-15-22(32(35,36)37)18-39-27(21)43-5)25(19-11-8-7-9-12-19)40(26)28(41)20-13-10-14-31(33,34)16-20/h7-9,11-12,15,18,20,23-26,38H,6,10,13-14,16-17H2,1-5H3/t20-,23+,24+,25+,26+/m1/s1. The number of alkyl halides is 5. The molecule has 1 N–H and O–H groups in total. The van der Waals surface area contributed by atoms with Gasteiger partial charge in [0.25, 0.3) is 0 Å². The average Bonchev–Trinajstić information content (AvgIpc) is 3.31. The fourth-order valence-corrected chi connectivity index (χ4v) is 6.73. The smallest absolute Gasteiger partial charge is 0.417 e. The van der Waals surface area contributed by atoms with Crippen molar-refractivity contribution in [2.45, 2.75) is 90.1 Å². The number of rotatable bonds is 8. The molecule has 2 heterocycles. The van der Waals surface area contributed by atoms with Crippen molar-refractivity contribution in [3.05, 3.63) is 59.3 Å². The number of carbonyl (C=O) groups is 2. The summed E-state index contributed by atoms with van der Waals surface area (Å²) in [5.41, 5.74) is -0.820. The van der Waals surface area contributed by atoms with Crippen molar-refractivity contribution in [1.29, 1.82) is 0 Å². The Morgan fingerprint density at radius 2 is 1.82 bits per heavy atom. The molecule has 1 saturated carbocycles. The van der Waals surface area contributed by atoms with Gasteiger partial charge in [-0.2, -0.15) is 13.2 Å². The van der Waals surface area contributed by atoms with Gasteiger partial charge in [0.1, 0.15) is 6.04 Å². The van der Waals surface area contributed by atoms with E-state index in [0.717, 1.165) is 6.07 Å². The third-order valence-corrected chi connectivity index (χ3v) is 8.55. The molecule has 0 radical (unpaired) electrons. The quantitative estimate of drug-likeness (QED) is 0.264. The van der Waals surface area contributed by atoms with E-state index in [1.165, 1.54) is 12.0 Å². The Hall–Kier alpha value is -3.28. The maximum atomic E-state index is 14.6. The summed E-state index contributed by atoms with van der Waals surface area (Å²) in [6.07, 6.45) is -4.44. The molecule has 0 unspecified atom stereocenters. The summed E-state index contributed by atoms with van der Waals surface area (Å²) >= 11 is 0. The number of amides is 1. The van der Waals surface area contributed by atoms with Gasteiger partial charge >= 0.3 is 12.1 Å². The fourth-order valence-electron chi connectivity index (χ4n) is 6.73. The highest BCUT2D eigenvalue weighted by Gasteiger charge is 2.59. The second-order valence-electron chi connectivity index (χ2n) is 12.6. The van der Waals surface area contributed by atoms with Crippen molar-refractivity contribution in [2.24, 2.45) is 17.3 Å². The lowest BCUT2D eigenvalue weighted by Gasteiger charge is -2.37. The highest BCUT2D eigenvalue weighted by molar-refractivity contribution is 5.88. The Morgan fingerprint density at radius 3 is 2.39 bits per heavy atom. The predicted molar refractivity (Wildman–Crippen MR) is 153 cm³/mol. The Bertz CT molecular complexity index is 1320. The zero-order valence-corrected chi connectivity index (χ0v) is 25.6. The zero-order valence-electron chi connectivity index (χ0n) is 25.6. The lowest BCUT2D eigenvalue weighted by molar-refractivity contribution is -0.160. The molecule has 1 aliphatic heterocycles. The number of methoxy groups -OCH3 is 1. The first-order valence-corrected chi connectivity index (χ1v) is 14.8. The molecule has 1 aliphatic carbocycles. The van der Waals surface area contributed by atoms with Gasteiger partial charge in [0.15, 0.2) is 0 Å². The van der Waals surface area contributed by atoms with Gasteiger partial charge in [-0.05, 0) is 36.8 Å². The maximum absolute atomic E-state index is 14.6. The first-order valence-electron chi connectivity index (χ1n) is 14.8. The van der Waals surface area contributed by atoms with Crippen LogP contribution < -0.4 is 10.1 Å². The lowest BCUT2D eigenvalue weighted by atomic mass is 9.72. The molecule has 2 aromatic rings. The third-order valence-electron chi connectivity index (χ3n) is 8.55. The summed E-state index contributed by atoms with van der Waals surface area (Å²) in [6.45, 7) is 7.24. The number of esters is 1. The molecule has 2 aliphatic rings. The van der Waals surface area contributed by atoms with Crippen LogP contribution in [0.2, 0.25) is 0 Å². The monoisotopic (exact) mass is 625 g/mol. The van der Waals surface area contributed by atoms with Gasteiger partial charge in [0.2, 0.25) is 17.7 Å². The van der Waals surface area contributed by atoms with E-state index in [-0.39, 0.29) is 43.9 Å². The molecule has 1 aromatic heterocycles. The van der Waals surface area contributed by atoms with E-state index in [4.69, 9.17) is 9.47 Å². The Morgan fingerprint density at radius 1 is 1.14 bits per heavy atom. The van der Waals surface area contributed by atoms with Crippen molar-refractivity contribution in [3.63, 3.8) is 0 Å². The number of hydrogen-bond acceptors (Lipinski definition) is 6. The van der Waals surface area contributed by atoms with Crippen molar-refractivity contribution in [1.82, 2.24) is 15.2 Å². The number of carbonyl (C=O) groups excluding carboxylic acids is 2. The summed E-state index contributed by atoms with van der Waals surface area (Å²) < 4.78 is 80.6. The minimum absolute atomic E-state index is 0.00798. The highest BCUT2D eigenvalue weighted by atomic mass is 19.4. The Labute approximate surface area is 254 Å². The largest absolute Gasteiger partial charge is 0.481 e. The Kier molecular flexibility index (Phi) is 9.92. The molecule has 5 atom stereocenters. The van der Waals surface area contributed by atoms with Gasteiger partial charge in [-0.1, -0.05) is 51.1 Å². The number of likely N-dealkylation sites (tertiary alicyclic amines) is 1. The summed E-state index contributed by atoms with van der Waals surface area (Å²) in [5.74, 6) is -5.86. The topological polar surface area (TPSA) is 80.8 Å². The SMILES string of the molecule is CCOC(=O)[C@@H]1[C@@H](C(C)(C)C)[C@H](NCc2cc(C(F)(F)F)cnc2OC)[C@H](c2ccccc2)N1C(=O)[C@@H]1CCCC(F)(F)C1. The minimum atomic E-state index is -4.64. The molecular weight excluding hydrogens is 585 g/mol. The number of aromatic nitrogens is 1. The molecule has 242 valence electrons. The summed E-state index contributed by atoms with van der Waals surface area (Å²) in [5, 5.41) is 3.35. The van der Waals surface area contributed by atoms with Crippen molar-refractivity contribution < 1.29 is 41.0 Å². The normalized spacial score (nSPS) is 25.5. The van der Waals surface area contributed by atoms with Gasteiger partial charge in [0, 0.05) is 49.0 Å². The molecule has 2 fully saturated rings. The highest BCUT2D eigenvalue weighted by Crippen LogP contribution is 2.50. The third kappa shape index (κ3) is 7.16. The van der Waals surface area contributed by atoms with Crippen LogP contribution in [0.4, 0.5) is 22.0 Å². The lowest BCUT2D eigenvalue weighted by Crippen LogP contribution is -2.50. The minimum Gasteiger partial charge on any atom is -0.481 e. The van der Waals surface area contributed by atoms with E-state index < -0.39 is 71.3 Å². The van der Waals surface area contributed by atoms with Crippen LogP contribution in [0.15, 0.2) is 42.6 Å². The predicted octanol–water partition coefficient (Wildman–Crippen LogP) is 6.57. The van der Waals surface area contributed by atoms with E-state index in [1.54, 1.807) is 37.3 Å². The summed E-state index contributed by atoms with van der Waals surface area (Å²) in [7, 11) is 1.30. The molecule has 7 nitrogen and oxygen atoms in total. The fraction of sp³-hybridized carbons (Fsp3) is 0.594. The second-order valence-corrected chi connectivity index (χ2v) is 12.6. The first-order chi connectivity index (χ1) is 20.6. The van der Waals surface area contributed by atoms with Crippen LogP contribution in [0.3, 0.4) is 0 Å². The van der Waals surface area contributed by atoms with E-state index in [9.17, 15) is 31.5 Å². The van der Waals surface area contributed by atoms with Gasteiger partial charge in [-0.25, -0.2) is 18.6 Å². The van der Waals surface area contributed by atoms with Crippen molar-refractivity contribution in [2.75, 3.05) is 13.7 Å². The molecule has 1 aromatic carbocycles. The number of benzene rings is 1. The van der Waals surface area contributed by atoms with E-state index >= 15 is 0 Å². The number of nitrogens with one attached hydrogen (secondary N) is 1. The van der Waals surface area contributed by atoms with Crippen LogP contribution in [0.25, 0.3) is 0 Å². The molecule has 0 bridgehead atoms. The first kappa shape index (κ1) is 33.6. The van der Waals surface area contributed by atoms with Crippen LogP contribution in [0.5, 0.6) is 5.88 Å². The maximum Gasteiger partial charge on any atom is 0.417 e. The zero-order chi connectivity index (χ0) is 32.4. The molecule has 1 amide bonds. The molecule has 4 rings (SSSR count).